The standard InChI is InChI=1S/C20H26O3/c1-11-8-13-14-4-5-17(23)20(14,3)10-16(22)18(13)19(2)7-6-12(21)9-15(11)19/h6-7,9,13-14,16-18,22-23H,1,4-5,8,10H2,2-3H3/t13-,14-,16+,17-,18+,19-,20-/m0/s1. The van der Waals surface area contributed by atoms with Gasteiger partial charge in [-0.2, -0.15) is 0 Å². The average molecular weight is 314 g/mol. The molecule has 124 valence electrons. The maximum absolute atomic E-state index is 11.8. The molecule has 0 spiro atoms. The molecule has 0 saturated heterocycles. The lowest BCUT2D eigenvalue weighted by molar-refractivity contribution is -0.124. The van der Waals surface area contributed by atoms with Crippen molar-refractivity contribution in [2.24, 2.45) is 28.6 Å². The minimum absolute atomic E-state index is 0.0171. The Bertz CT molecular complexity index is 645. The molecule has 0 radical (unpaired) electrons. The van der Waals surface area contributed by atoms with E-state index in [1.54, 1.807) is 12.2 Å². The lowest BCUT2D eigenvalue weighted by Gasteiger charge is -2.58. The fourth-order valence-corrected chi connectivity index (χ4v) is 6.32. The van der Waals surface area contributed by atoms with Crippen LogP contribution in [0.5, 0.6) is 0 Å². The normalized spacial score (nSPS) is 51.8. The van der Waals surface area contributed by atoms with E-state index >= 15 is 0 Å². The summed E-state index contributed by atoms with van der Waals surface area (Å²) in [5, 5.41) is 21.5. The fourth-order valence-electron chi connectivity index (χ4n) is 6.32. The van der Waals surface area contributed by atoms with Gasteiger partial charge in [0, 0.05) is 11.3 Å². The molecule has 3 fully saturated rings. The Hall–Kier alpha value is -1.19. The highest BCUT2D eigenvalue weighted by molar-refractivity contribution is 6.01. The molecule has 3 heteroatoms. The van der Waals surface area contributed by atoms with Crippen LogP contribution < -0.4 is 0 Å². The Morgan fingerprint density at radius 2 is 2.00 bits per heavy atom. The molecule has 3 saturated carbocycles. The second-order valence-electron chi connectivity index (χ2n) is 8.55. The largest absolute Gasteiger partial charge is 0.393 e. The van der Waals surface area contributed by atoms with Crippen molar-refractivity contribution in [3.8, 4) is 0 Å². The number of hydrogen-bond donors (Lipinski definition) is 2. The predicted molar refractivity (Wildman–Crippen MR) is 88.5 cm³/mol. The lowest BCUT2D eigenvalue weighted by Crippen LogP contribution is -2.56. The van der Waals surface area contributed by atoms with E-state index < -0.39 is 6.10 Å². The van der Waals surface area contributed by atoms with Crippen molar-refractivity contribution < 1.29 is 15.0 Å². The minimum Gasteiger partial charge on any atom is -0.393 e. The first kappa shape index (κ1) is 15.3. The molecule has 4 aliphatic carbocycles. The molecule has 23 heavy (non-hydrogen) atoms. The molecule has 0 aromatic carbocycles. The molecule has 0 unspecified atom stereocenters. The molecule has 4 rings (SSSR count). The number of allylic oxidation sites excluding steroid dienone is 5. The molecule has 0 heterocycles. The first-order valence-corrected chi connectivity index (χ1v) is 8.77. The van der Waals surface area contributed by atoms with Crippen LogP contribution in [0.4, 0.5) is 0 Å². The Morgan fingerprint density at radius 3 is 2.74 bits per heavy atom. The Kier molecular flexibility index (Phi) is 3.12. The van der Waals surface area contributed by atoms with Gasteiger partial charge >= 0.3 is 0 Å². The van der Waals surface area contributed by atoms with Crippen molar-refractivity contribution in [1.29, 1.82) is 0 Å². The summed E-state index contributed by atoms with van der Waals surface area (Å²) in [5.41, 5.74) is 1.53. The summed E-state index contributed by atoms with van der Waals surface area (Å²) < 4.78 is 0. The molecule has 0 aliphatic heterocycles. The first-order chi connectivity index (χ1) is 10.8. The number of aliphatic hydroxyl groups is 2. The highest BCUT2D eigenvalue weighted by Gasteiger charge is 2.61. The van der Waals surface area contributed by atoms with Gasteiger partial charge in [0.1, 0.15) is 0 Å². The third-order valence-electron chi connectivity index (χ3n) is 7.42. The average Bonchev–Trinajstić information content (AvgIpc) is 2.76. The summed E-state index contributed by atoms with van der Waals surface area (Å²) >= 11 is 0. The van der Waals surface area contributed by atoms with Crippen molar-refractivity contribution in [2.75, 3.05) is 0 Å². The van der Waals surface area contributed by atoms with Crippen molar-refractivity contribution in [3.05, 3.63) is 36.0 Å². The predicted octanol–water partition coefficient (Wildman–Crippen LogP) is 2.79. The van der Waals surface area contributed by atoms with E-state index in [1.807, 2.05) is 6.08 Å². The molecule has 0 bridgehead atoms. The van der Waals surface area contributed by atoms with E-state index in [-0.39, 0.29) is 28.6 Å². The van der Waals surface area contributed by atoms with Gasteiger partial charge in [-0.3, -0.25) is 4.79 Å². The van der Waals surface area contributed by atoms with E-state index in [0.29, 0.717) is 18.3 Å². The number of fused-ring (bicyclic) bond motifs is 5. The zero-order valence-corrected chi connectivity index (χ0v) is 14.0. The second-order valence-corrected chi connectivity index (χ2v) is 8.55. The Morgan fingerprint density at radius 1 is 1.26 bits per heavy atom. The van der Waals surface area contributed by atoms with Crippen LogP contribution in [0.15, 0.2) is 36.0 Å². The molecular weight excluding hydrogens is 288 g/mol. The molecule has 3 nitrogen and oxygen atoms in total. The lowest BCUT2D eigenvalue weighted by atomic mass is 9.47. The van der Waals surface area contributed by atoms with Gasteiger partial charge in [0.05, 0.1) is 12.2 Å². The van der Waals surface area contributed by atoms with Crippen molar-refractivity contribution in [1.82, 2.24) is 0 Å². The Balaban J connectivity index is 1.81. The number of rotatable bonds is 0. The van der Waals surface area contributed by atoms with Gasteiger partial charge in [0.25, 0.3) is 0 Å². The van der Waals surface area contributed by atoms with Crippen molar-refractivity contribution in [2.45, 2.75) is 51.7 Å². The van der Waals surface area contributed by atoms with Crippen LogP contribution in [-0.2, 0) is 4.79 Å². The van der Waals surface area contributed by atoms with Crippen LogP contribution in [0.2, 0.25) is 0 Å². The maximum Gasteiger partial charge on any atom is 0.178 e. The quantitative estimate of drug-likeness (QED) is 0.723. The van der Waals surface area contributed by atoms with Crippen LogP contribution >= 0.6 is 0 Å². The molecule has 0 amide bonds. The van der Waals surface area contributed by atoms with Gasteiger partial charge in [0.2, 0.25) is 0 Å². The zero-order chi connectivity index (χ0) is 16.6. The fraction of sp³-hybridized carbons (Fsp3) is 0.650. The monoisotopic (exact) mass is 314 g/mol. The third kappa shape index (κ3) is 1.87. The van der Waals surface area contributed by atoms with Crippen LogP contribution in [0.1, 0.15) is 39.5 Å². The van der Waals surface area contributed by atoms with E-state index in [0.717, 1.165) is 30.4 Å². The summed E-state index contributed by atoms with van der Waals surface area (Å²) in [7, 11) is 0. The summed E-state index contributed by atoms with van der Waals surface area (Å²) in [6.45, 7) is 8.54. The summed E-state index contributed by atoms with van der Waals surface area (Å²) in [6, 6.07) is 0. The van der Waals surface area contributed by atoms with Crippen molar-refractivity contribution in [3.63, 3.8) is 0 Å². The summed E-state index contributed by atoms with van der Waals surface area (Å²) in [5.74, 6) is 0.871. The highest BCUT2D eigenvalue weighted by Crippen LogP contribution is 2.65. The topological polar surface area (TPSA) is 57.5 Å². The van der Waals surface area contributed by atoms with E-state index in [9.17, 15) is 15.0 Å². The molecular formula is C20H26O3. The molecule has 0 aromatic heterocycles. The van der Waals surface area contributed by atoms with Gasteiger partial charge in [-0.25, -0.2) is 0 Å². The van der Waals surface area contributed by atoms with Crippen molar-refractivity contribution >= 4 is 5.78 Å². The summed E-state index contributed by atoms with van der Waals surface area (Å²) in [6.07, 6.45) is 7.91. The van der Waals surface area contributed by atoms with Gasteiger partial charge in [-0.05, 0) is 60.7 Å². The zero-order valence-electron chi connectivity index (χ0n) is 14.0. The number of aliphatic hydroxyl groups excluding tert-OH is 2. The van der Waals surface area contributed by atoms with Gasteiger partial charge in [-0.15, -0.1) is 0 Å². The third-order valence-corrected chi connectivity index (χ3v) is 7.42. The first-order valence-electron chi connectivity index (χ1n) is 8.77. The van der Waals surface area contributed by atoms with E-state index in [4.69, 9.17) is 0 Å². The smallest absolute Gasteiger partial charge is 0.178 e. The molecule has 0 aromatic rings. The van der Waals surface area contributed by atoms with E-state index in [1.165, 1.54) is 0 Å². The van der Waals surface area contributed by atoms with Crippen LogP contribution in [0.25, 0.3) is 0 Å². The Labute approximate surface area is 137 Å². The van der Waals surface area contributed by atoms with E-state index in [2.05, 4.69) is 20.4 Å². The number of hydrogen-bond acceptors (Lipinski definition) is 3. The van der Waals surface area contributed by atoms with Crippen LogP contribution in [0.3, 0.4) is 0 Å². The summed E-state index contributed by atoms with van der Waals surface area (Å²) in [4.78, 5) is 11.8. The van der Waals surface area contributed by atoms with Gasteiger partial charge in [-0.1, -0.05) is 32.1 Å². The molecule has 7 atom stereocenters. The van der Waals surface area contributed by atoms with Gasteiger partial charge < -0.3 is 10.2 Å². The number of carbonyl (C=O) groups is 1. The highest BCUT2D eigenvalue weighted by atomic mass is 16.3. The second kappa shape index (κ2) is 4.67. The maximum atomic E-state index is 11.8. The molecule has 2 N–H and O–H groups in total. The SMILES string of the molecule is C=C1C[C@@H]2[C@H]([C@H](O)C[C@]3(C)[C@@H](O)CC[C@@H]23)[C@@]2(C)C=CC(=O)C=C12. The molecule has 4 aliphatic rings. The van der Waals surface area contributed by atoms with Crippen LogP contribution in [0, 0.1) is 28.6 Å². The van der Waals surface area contributed by atoms with Crippen LogP contribution in [-0.4, -0.2) is 28.2 Å². The van der Waals surface area contributed by atoms with Gasteiger partial charge in [0.15, 0.2) is 5.78 Å². The number of carbonyl (C=O) groups excluding carboxylic acids is 1. The number of ketones is 1. The minimum atomic E-state index is -0.451.